The molecule has 100 valence electrons. The predicted octanol–water partition coefficient (Wildman–Crippen LogP) is 0.879. The Hall–Kier alpha value is -1.05. The number of aliphatic carboxylic acids is 1. The number of carbonyl (C=O) groups is 1. The first-order valence-electron chi connectivity index (χ1n) is 6.71. The maximum atomic E-state index is 10.4. The zero-order valence-corrected chi connectivity index (χ0v) is 11.2. The van der Waals surface area contributed by atoms with Gasteiger partial charge in [0.15, 0.2) is 0 Å². The fraction of sp³-hybridized carbons (Fsp3) is 0.786. The van der Waals surface area contributed by atoms with Crippen molar-refractivity contribution in [2.45, 2.75) is 37.8 Å². The van der Waals surface area contributed by atoms with Crippen LogP contribution in [0.4, 0.5) is 0 Å². The van der Waals surface area contributed by atoms with E-state index in [1.807, 2.05) is 0 Å². The molecule has 1 unspecified atom stereocenters. The lowest BCUT2D eigenvalue weighted by atomic mass is 9.79. The SMILES string of the molecule is CN(C)C1CCCN(C2CC(C#CC(=O)O)C2)C1. The van der Waals surface area contributed by atoms with Gasteiger partial charge in [-0.3, -0.25) is 4.90 Å². The summed E-state index contributed by atoms with van der Waals surface area (Å²) in [5, 5.41) is 8.50. The van der Waals surface area contributed by atoms with E-state index in [2.05, 4.69) is 35.7 Å². The standard InChI is InChI=1S/C14H22N2O2/c1-15(2)12-4-3-7-16(10-12)13-8-11(9-13)5-6-14(17)18/h11-13H,3-4,7-10H2,1-2H3,(H,17,18). The summed E-state index contributed by atoms with van der Waals surface area (Å²) in [6.07, 6.45) is 4.64. The van der Waals surface area contributed by atoms with Crippen LogP contribution < -0.4 is 0 Å². The number of piperidine rings is 1. The average Bonchev–Trinajstić information content (AvgIpc) is 2.27. The lowest BCUT2D eigenvalue weighted by Crippen LogP contribution is -2.52. The Morgan fingerprint density at radius 2 is 2.11 bits per heavy atom. The molecular formula is C14H22N2O2. The summed E-state index contributed by atoms with van der Waals surface area (Å²) in [4.78, 5) is 15.2. The molecule has 0 spiro atoms. The minimum atomic E-state index is -1.01. The number of hydrogen-bond donors (Lipinski definition) is 1. The van der Waals surface area contributed by atoms with Gasteiger partial charge in [0.1, 0.15) is 0 Å². The van der Waals surface area contributed by atoms with E-state index >= 15 is 0 Å². The van der Waals surface area contributed by atoms with E-state index in [-0.39, 0.29) is 0 Å². The zero-order chi connectivity index (χ0) is 13.1. The van der Waals surface area contributed by atoms with Gasteiger partial charge >= 0.3 is 5.97 Å². The first-order valence-corrected chi connectivity index (χ1v) is 6.71. The van der Waals surface area contributed by atoms with Gasteiger partial charge in [-0.15, -0.1) is 0 Å². The Labute approximate surface area is 109 Å². The van der Waals surface area contributed by atoms with Crippen LogP contribution in [0.3, 0.4) is 0 Å². The van der Waals surface area contributed by atoms with Crippen LogP contribution in [0.1, 0.15) is 25.7 Å². The molecule has 18 heavy (non-hydrogen) atoms. The lowest BCUT2D eigenvalue weighted by molar-refractivity contribution is -0.130. The summed E-state index contributed by atoms with van der Waals surface area (Å²) < 4.78 is 0. The molecule has 2 aliphatic rings. The Morgan fingerprint density at radius 1 is 1.39 bits per heavy atom. The summed E-state index contributed by atoms with van der Waals surface area (Å²) in [6.45, 7) is 2.34. The Bertz CT molecular complexity index is 364. The largest absolute Gasteiger partial charge is 0.472 e. The van der Waals surface area contributed by atoms with Crippen molar-refractivity contribution in [1.29, 1.82) is 0 Å². The number of hydrogen-bond acceptors (Lipinski definition) is 3. The molecule has 2 rings (SSSR count). The van der Waals surface area contributed by atoms with Gasteiger partial charge < -0.3 is 10.0 Å². The predicted molar refractivity (Wildman–Crippen MR) is 70.2 cm³/mol. The summed E-state index contributed by atoms with van der Waals surface area (Å²) in [7, 11) is 4.30. The molecule has 4 heteroatoms. The van der Waals surface area contributed by atoms with E-state index in [4.69, 9.17) is 5.11 Å². The van der Waals surface area contributed by atoms with Crippen molar-refractivity contribution in [3.8, 4) is 11.8 Å². The molecule has 1 heterocycles. The van der Waals surface area contributed by atoms with Gasteiger partial charge in [0.2, 0.25) is 0 Å². The van der Waals surface area contributed by atoms with Gasteiger partial charge in [-0.2, -0.15) is 0 Å². The van der Waals surface area contributed by atoms with Crippen molar-refractivity contribution in [2.75, 3.05) is 27.2 Å². The Morgan fingerprint density at radius 3 is 2.72 bits per heavy atom. The number of rotatable bonds is 2. The smallest absolute Gasteiger partial charge is 0.381 e. The third-order valence-electron chi connectivity index (χ3n) is 4.17. The molecule has 1 atom stereocenters. The normalized spacial score (nSPS) is 32.5. The van der Waals surface area contributed by atoms with Crippen LogP contribution in [0.25, 0.3) is 0 Å². The third kappa shape index (κ3) is 3.24. The summed E-state index contributed by atoms with van der Waals surface area (Å²) in [5.41, 5.74) is 0. The molecule has 1 aliphatic heterocycles. The number of carboxylic acid groups (broad SMARTS) is 1. The fourth-order valence-electron chi connectivity index (χ4n) is 2.90. The molecule has 2 fully saturated rings. The first kappa shape index (κ1) is 13.4. The van der Waals surface area contributed by atoms with E-state index in [0.29, 0.717) is 18.0 Å². The molecule has 0 radical (unpaired) electrons. The van der Waals surface area contributed by atoms with Crippen LogP contribution in [-0.2, 0) is 4.79 Å². The van der Waals surface area contributed by atoms with Crippen LogP contribution in [0, 0.1) is 17.8 Å². The molecular weight excluding hydrogens is 228 g/mol. The van der Waals surface area contributed by atoms with Gasteiger partial charge in [0.05, 0.1) is 0 Å². The Kier molecular flexibility index (Phi) is 4.26. The molecule has 1 aliphatic carbocycles. The van der Waals surface area contributed by atoms with Crippen LogP contribution in [0.2, 0.25) is 0 Å². The molecule has 1 saturated heterocycles. The zero-order valence-electron chi connectivity index (χ0n) is 11.2. The van der Waals surface area contributed by atoms with Crippen molar-refractivity contribution in [1.82, 2.24) is 9.80 Å². The second kappa shape index (κ2) is 5.73. The lowest BCUT2D eigenvalue weighted by Gasteiger charge is -2.46. The molecule has 1 saturated carbocycles. The Balaban J connectivity index is 1.78. The highest BCUT2D eigenvalue weighted by Crippen LogP contribution is 2.33. The second-order valence-corrected chi connectivity index (χ2v) is 5.65. The first-order chi connectivity index (χ1) is 8.56. The van der Waals surface area contributed by atoms with E-state index in [1.165, 1.54) is 19.4 Å². The van der Waals surface area contributed by atoms with E-state index in [0.717, 1.165) is 19.4 Å². The van der Waals surface area contributed by atoms with Crippen LogP contribution in [0.5, 0.6) is 0 Å². The van der Waals surface area contributed by atoms with Crippen LogP contribution in [0.15, 0.2) is 0 Å². The molecule has 0 amide bonds. The van der Waals surface area contributed by atoms with Crippen LogP contribution >= 0.6 is 0 Å². The van der Waals surface area contributed by atoms with Crippen molar-refractivity contribution in [2.24, 2.45) is 5.92 Å². The molecule has 0 aromatic rings. The quantitative estimate of drug-likeness (QED) is 0.739. The maximum Gasteiger partial charge on any atom is 0.381 e. The van der Waals surface area contributed by atoms with Gasteiger partial charge in [-0.25, -0.2) is 4.79 Å². The van der Waals surface area contributed by atoms with Crippen molar-refractivity contribution in [3.05, 3.63) is 0 Å². The van der Waals surface area contributed by atoms with E-state index in [9.17, 15) is 4.79 Å². The summed E-state index contributed by atoms with van der Waals surface area (Å²) >= 11 is 0. The summed E-state index contributed by atoms with van der Waals surface area (Å²) in [5.74, 6) is 4.36. The highest BCUT2D eigenvalue weighted by atomic mass is 16.4. The maximum absolute atomic E-state index is 10.4. The molecule has 0 bridgehead atoms. The highest BCUT2D eigenvalue weighted by molar-refractivity contribution is 5.86. The highest BCUT2D eigenvalue weighted by Gasteiger charge is 2.35. The van der Waals surface area contributed by atoms with E-state index in [1.54, 1.807) is 0 Å². The summed E-state index contributed by atoms with van der Waals surface area (Å²) in [6, 6.07) is 1.30. The van der Waals surface area contributed by atoms with Gasteiger partial charge in [0, 0.05) is 30.5 Å². The van der Waals surface area contributed by atoms with Crippen LogP contribution in [-0.4, -0.2) is 60.1 Å². The topological polar surface area (TPSA) is 43.8 Å². The number of likely N-dealkylation sites (tertiary alicyclic amines) is 1. The van der Waals surface area contributed by atoms with Gasteiger partial charge in [0.25, 0.3) is 0 Å². The third-order valence-corrected chi connectivity index (χ3v) is 4.17. The minimum Gasteiger partial charge on any atom is -0.472 e. The van der Waals surface area contributed by atoms with Gasteiger partial charge in [-0.1, -0.05) is 5.92 Å². The monoisotopic (exact) mass is 250 g/mol. The van der Waals surface area contributed by atoms with Crippen molar-refractivity contribution >= 4 is 5.97 Å². The van der Waals surface area contributed by atoms with E-state index < -0.39 is 5.97 Å². The second-order valence-electron chi connectivity index (χ2n) is 5.65. The number of carboxylic acids is 1. The van der Waals surface area contributed by atoms with Gasteiger partial charge in [-0.05, 0) is 46.3 Å². The molecule has 0 aromatic carbocycles. The number of likely N-dealkylation sites (N-methyl/N-ethyl adjacent to an activating group) is 1. The minimum absolute atomic E-state index is 0.297. The molecule has 1 N–H and O–H groups in total. The average molecular weight is 250 g/mol. The molecule has 4 nitrogen and oxygen atoms in total. The van der Waals surface area contributed by atoms with Crippen molar-refractivity contribution in [3.63, 3.8) is 0 Å². The van der Waals surface area contributed by atoms with Crippen molar-refractivity contribution < 1.29 is 9.90 Å². The molecule has 0 aromatic heterocycles. The number of nitrogens with zero attached hydrogens (tertiary/aromatic N) is 2. The fourth-order valence-corrected chi connectivity index (χ4v) is 2.90.